The van der Waals surface area contributed by atoms with Crippen LogP contribution in [0.2, 0.25) is 5.54 Å². The van der Waals surface area contributed by atoms with E-state index in [1.165, 1.54) is 5.56 Å². The van der Waals surface area contributed by atoms with Gasteiger partial charge in [0, 0.05) is 47.3 Å². The molecule has 32 heavy (non-hydrogen) atoms. The lowest BCUT2D eigenvalue weighted by molar-refractivity contribution is -0.125. The molecule has 3 rings (SSSR count). The van der Waals surface area contributed by atoms with Gasteiger partial charge in [-0.2, -0.15) is 0 Å². The van der Waals surface area contributed by atoms with E-state index < -0.39 is 0 Å². The van der Waals surface area contributed by atoms with Gasteiger partial charge in [0.1, 0.15) is 5.82 Å². The first kappa shape index (κ1) is 23.7. The molecule has 0 aliphatic rings. The van der Waals surface area contributed by atoms with E-state index in [-0.39, 0.29) is 17.4 Å². The molecule has 165 valence electrons. The van der Waals surface area contributed by atoms with Gasteiger partial charge in [-0.25, -0.2) is 4.98 Å². The van der Waals surface area contributed by atoms with Crippen LogP contribution in [-0.4, -0.2) is 26.1 Å². The molecule has 5 nitrogen and oxygen atoms in total. The monoisotopic (exact) mass is 443 g/mol. The predicted octanol–water partition coefficient (Wildman–Crippen LogP) is 4.71. The van der Waals surface area contributed by atoms with Crippen molar-refractivity contribution < 1.29 is 4.79 Å². The van der Waals surface area contributed by atoms with E-state index in [0.717, 1.165) is 42.8 Å². The third kappa shape index (κ3) is 7.93. The molecule has 0 aliphatic heterocycles. The third-order valence-corrected chi connectivity index (χ3v) is 5.90. The first-order chi connectivity index (χ1) is 15.6. The predicted molar refractivity (Wildman–Crippen MR) is 130 cm³/mol. The van der Waals surface area contributed by atoms with Crippen molar-refractivity contribution >= 4 is 22.0 Å². The van der Waals surface area contributed by atoms with Gasteiger partial charge in [0.05, 0.1) is 0 Å². The fourth-order valence-electron chi connectivity index (χ4n) is 3.58. The normalized spacial score (nSPS) is 12.7. The highest BCUT2D eigenvalue weighted by atomic mass is 28.1. The van der Waals surface area contributed by atoms with Crippen molar-refractivity contribution in [3.8, 4) is 0 Å². The van der Waals surface area contributed by atoms with E-state index in [1.807, 2.05) is 43.5 Å². The van der Waals surface area contributed by atoms with Gasteiger partial charge in [-0.05, 0) is 60.2 Å². The van der Waals surface area contributed by atoms with Crippen LogP contribution in [0.15, 0.2) is 73.1 Å². The number of aryl methyl sites for hydroxylation is 1. The van der Waals surface area contributed by atoms with Gasteiger partial charge < -0.3 is 10.6 Å². The van der Waals surface area contributed by atoms with Crippen molar-refractivity contribution in [1.29, 1.82) is 0 Å². The lowest BCUT2D eigenvalue weighted by Gasteiger charge is -2.20. The Bertz CT molecular complexity index is 933. The number of hydrogen-bond donors (Lipinski definition) is 2. The second-order valence-electron chi connectivity index (χ2n) is 8.06. The van der Waals surface area contributed by atoms with Crippen molar-refractivity contribution in [3.63, 3.8) is 0 Å². The molecule has 0 spiro atoms. The van der Waals surface area contributed by atoms with Gasteiger partial charge in [-0.15, -0.1) is 0 Å². The lowest BCUT2D eigenvalue weighted by Crippen LogP contribution is -2.32. The molecule has 3 aromatic rings. The summed E-state index contributed by atoms with van der Waals surface area (Å²) in [5.74, 6) is 0.919. The zero-order chi connectivity index (χ0) is 22.6. The third-order valence-electron chi connectivity index (χ3n) is 5.49. The lowest BCUT2D eigenvalue weighted by atomic mass is 9.96. The number of nitrogens with one attached hydrogen (secondary N) is 2. The Balaban J connectivity index is 1.40. The van der Waals surface area contributed by atoms with Crippen molar-refractivity contribution in [3.05, 3.63) is 89.9 Å². The highest BCUT2D eigenvalue weighted by Gasteiger charge is 2.21. The standard InChI is InChI=1S/C26H31N4OSi/c1-20(32)24(10-3-2-8-23-9-4-6-16-27-23)26(31)30-19-22-14-12-21(13-15-22)18-29-25-11-5-7-17-28-25/h4-7,9,11-17,20,24H,2-3,8,10,18-19H2,1H3,(H,28,29)(H,30,31)/t20?,24-/m0/s1. The largest absolute Gasteiger partial charge is 0.366 e. The maximum absolute atomic E-state index is 12.8. The number of anilines is 1. The van der Waals surface area contributed by atoms with Crippen LogP contribution in [0, 0.1) is 5.92 Å². The van der Waals surface area contributed by atoms with Crippen molar-refractivity contribution in [1.82, 2.24) is 15.3 Å². The van der Waals surface area contributed by atoms with E-state index in [2.05, 4.69) is 61.2 Å². The van der Waals surface area contributed by atoms with Crippen LogP contribution >= 0.6 is 0 Å². The fourth-order valence-corrected chi connectivity index (χ4v) is 3.90. The minimum absolute atomic E-state index is 0.0442. The molecule has 0 bridgehead atoms. The molecule has 0 saturated heterocycles. The number of amides is 1. The van der Waals surface area contributed by atoms with Crippen LogP contribution in [0.5, 0.6) is 0 Å². The summed E-state index contributed by atoms with van der Waals surface area (Å²) in [6.07, 6.45) is 7.45. The Labute approximate surface area is 194 Å². The Morgan fingerprint density at radius 2 is 1.59 bits per heavy atom. The Kier molecular flexibility index (Phi) is 9.44. The number of pyridine rings is 2. The summed E-state index contributed by atoms with van der Waals surface area (Å²) < 4.78 is 0. The maximum Gasteiger partial charge on any atom is 0.223 e. The van der Waals surface area contributed by atoms with Gasteiger partial charge in [0.15, 0.2) is 0 Å². The zero-order valence-corrected chi connectivity index (χ0v) is 19.6. The number of nitrogens with zero attached hydrogens (tertiary/aromatic N) is 2. The highest BCUT2D eigenvalue weighted by molar-refractivity contribution is 6.13. The Hall–Kier alpha value is -2.99. The summed E-state index contributed by atoms with van der Waals surface area (Å²) >= 11 is 0. The number of unbranched alkanes of at least 4 members (excludes halogenated alkanes) is 1. The zero-order valence-electron chi connectivity index (χ0n) is 18.6. The second-order valence-corrected chi connectivity index (χ2v) is 8.98. The number of carbonyl (C=O) groups is 1. The molecule has 3 radical (unpaired) electrons. The van der Waals surface area contributed by atoms with Gasteiger partial charge in [-0.1, -0.05) is 49.7 Å². The highest BCUT2D eigenvalue weighted by Crippen LogP contribution is 2.22. The maximum atomic E-state index is 12.8. The number of carbonyl (C=O) groups excluding carboxylic acids is 1. The topological polar surface area (TPSA) is 66.9 Å². The molecule has 2 aromatic heterocycles. The first-order valence-corrected chi connectivity index (χ1v) is 11.8. The summed E-state index contributed by atoms with van der Waals surface area (Å²) in [7, 11) is 3.68. The van der Waals surface area contributed by atoms with Crippen molar-refractivity contribution in [2.24, 2.45) is 5.92 Å². The van der Waals surface area contributed by atoms with Crippen LogP contribution < -0.4 is 10.6 Å². The SMILES string of the molecule is CC([Si])[C@H](CCCCc1ccccn1)C(=O)NCc1ccc(CNc2ccccn2)cc1. The molecule has 1 unspecified atom stereocenters. The van der Waals surface area contributed by atoms with Gasteiger partial charge in [-0.3, -0.25) is 9.78 Å². The van der Waals surface area contributed by atoms with E-state index in [4.69, 9.17) is 0 Å². The van der Waals surface area contributed by atoms with Crippen LogP contribution in [0.4, 0.5) is 5.82 Å². The molecule has 2 atom stereocenters. The van der Waals surface area contributed by atoms with Crippen LogP contribution in [0.3, 0.4) is 0 Å². The van der Waals surface area contributed by atoms with E-state index >= 15 is 0 Å². The van der Waals surface area contributed by atoms with Gasteiger partial charge in [0.2, 0.25) is 5.91 Å². The minimum atomic E-state index is -0.0442. The molecular formula is C26H31N4OSi. The van der Waals surface area contributed by atoms with Crippen molar-refractivity contribution in [2.45, 2.75) is 51.2 Å². The summed E-state index contributed by atoms with van der Waals surface area (Å²) in [5, 5.41) is 6.41. The van der Waals surface area contributed by atoms with Crippen molar-refractivity contribution in [2.75, 3.05) is 5.32 Å². The number of rotatable bonds is 12. The van der Waals surface area contributed by atoms with Crippen LogP contribution in [0.1, 0.15) is 43.0 Å². The molecule has 2 heterocycles. The van der Waals surface area contributed by atoms with Gasteiger partial charge in [0.25, 0.3) is 0 Å². The number of hydrogen-bond acceptors (Lipinski definition) is 4. The van der Waals surface area contributed by atoms with Crippen LogP contribution in [-0.2, 0) is 24.3 Å². The average molecular weight is 444 g/mol. The molecule has 0 fully saturated rings. The molecule has 6 heteroatoms. The molecule has 0 saturated carbocycles. The molecule has 0 aliphatic carbocycles. The quantitative estimate of drug-likeness (QED) is 0.314. The second kappa shape index (κ2) is 12.8. The van der Waals surface area contributed by atoms with Crippen LogP contribution in [0.25, 0.3) is 0 Å². The smallest absolute Gasteiger partial charge is 0.223 e. The minimum Gasteiger partial charge on any atom is -0.366 e. The number of aromatic nitrogens is 2. The fraction of sp³-hybridized carbons (Fsp3) is 0.346. The van der Waals surface area contributed by atoms with Gasteiger partial charge >= 0.3 is 0 Å². The number of benzene rings is 1. The van der Waals surface area contributed by atoms with E-state index in [1.54, 1.807) is 6.20 Å². The molecule has 1 amide bonds. The molecular weight excluding hydrogens is 412 g/mol. The Morgan fingerprint density at radius 3 is 2.22 bits per heavy atom. The van der Waals surface area contributed by atoms with E-state index in [0.29, 0.717) is 13.1 Å². The average Bonchev–Trinajstić information content (AvgIpc) is 2.83. The molecule has 2 N–H and O–H groups in total. The van der Waals surface area contributed by atoms with E-state index in [9.17, 15) is 4.79 Å². The summed E-state index contributed by atoms with van der Waals surface area (Å²) in [4.78, 5) is 21.4. The summed E-state index contributed by atoms with van der Waals surface area (Å²) in [6.45, 7) is 3.30. The Morgan fingerprint density at radius 1 is 0.906 bits per heavy atom. The molecule has 1 aromatic carbocycles. The summed E-state index contributed by atoms with van der Waals surface area (Å²) in [6, 6.07) is 20.1. The summed E-state index contributed by atoms with van der Waals surface area (Å²) in [5.41, 5.74) is 3.50. The first-order valence-electron chi connectivity index (χ1n) is 11.2.